The minimum Gasteiger partial charge on any atom is -0.504 e. The summed E-state index contributed by atoms with van der Waals surface area (Å²) >= 11 is 0. The predicted molar refractivity (Wildman–Crippen MR) is 89.2 cm³/mol. The van der Waals surface area contributed by atoms with Crippen molar-refractivity contribution in [1.82, 2.24) is 0 Å². The van der Waals surface area contributed by atoms with Gasteiger partial charge in [0.25, 0.3) is 0 Å². The largest absolute Gasteiger partial charge is 0.504 e. The average molecular weight is 329 g/mol. The molecule has 0 aromatic heterocycles. The summed E-state index contributed by atoms with van der Waals surface area (Å²) in [6.45, 7) is 3.99. The number of aromatic hydroxyl groups is 2. The first kappa shape index (κ1) is 17.3. The van der Waals surface area contributed by atoms with Crippen molar-refractivity contribution in [3.05, 3.63) is 59.2 Å². The molecule has 0 spiro atoms. The maximum absolute atomic E-state index is 11.7. The van der Waals surface area contributed by atoms with E-state index >= 15 is 0 Å². The Morgan fingerprint density at radius 1 is 1.08 bits per heavy atom. The summed E-state index contributed by atoms with van der Waals surface area (Å²) in [4.78, 5) is 17.0. The van der Waals surface area contributed by atoms with Crippen LogP contribution in [0.1, 0.15) is 35.3 Å². The molecule has 2 rings (SSSR count). The van der Waals surface area contributed by atoms with Crippen molar-refractivity contribution in [2.45, 2.75) is 20.5 Å². The number of esters is 1. The number of hydrogen-bond donors (Lipinski definition) is 2. The molecule has 0 saturated heterocycles. The van der Waals surface area contributed by atoms with Crippen molar-refractivity contribution in [2.24, 2.45) is 5.16 Å². The predicted octanol–water partition coefficient (Wildman–Crippen LogP) is 3.22. The summed E-state index contributed by atoms with van der Waals surface area (Å²) in [5.41, 5.74) is 2.42. The standard InChI is InChI=1S/C18H19NO5/c1-3-23-18(22)15-6-4-5-13(9-15)11-24-19-12(2)14-7-8-16(20)17(21)10-14/h4-10,20-21H,3,11H2,1-2H3/b19-12+. The highest BCUT2D eigenvalue weighted by Gasteiger charge is 2.07. The molecule has 6 nitrogen and oxygen atoms in total. The van der Waals surface area contributed by atoms with Crippen molar-refractivity contribution in [2.75, 3.05) is 6.61 Å². The van der Waals surface area contributed by atoms with Gasteiger partial charge in [-0.1, -0.05) is 17.3 Å². The van der Waals surface area contributed by atoms with Gasteiger partial charge in [-0.3, -0.25) is 0 Å². The molecule has 0 amide bonds. The minimum atomic E-state index is -0.376. The van der Waals surface area contributed by atoms with E-state index in [9.17, 15) is 15.0 Å². The van der Waals surface area contributed by atoms with Crippen LogP contribution in [-0.2, 0) is 16.2 Å². The molecule has 0 aliphatic carbocycles. The van der Waals surface area contributed by atoms with Gasteiger partial charge in [-0.05, 0) is 49.7 Å². The van der Waals surface area contributed by atoms with Gasteiger partial charge in [-0.25, -0.2) is 4.79 Å². The molecule has 2 N–H and O–H groups in total. The van der Waals surface area contributed by atoms with Crippen LogP contribution in [0.2, 0.25) is 0 Å². The summed E-state index contributed by atoms with van der Waals surface area (Å²) in [7, 11) is 0. The summed E-state index contributed by atoms with van der Waals surface area (Å²) in [6.07, 6.45) is 0. The van der Waals surface area contributed by atoms with E-state index in [2.05, 4.69) is 5.16 Å². The first-order chi connectivity index (χ1) is 11.5. The molecule has 2 aromatic rings. The Labute approximate surface area is 140 Å². The van der Waals surface area contributed by atoms with Gasteiger partial charge in [0.1, 0.15) is 6.61 Å². The fourth-order valence-corrected chi connectivity index (χ4v) is 2.01. The second kappa shape index (κ2) is 8.01. The highest BCUT2D eigenvalue weighted by molar-refractivity contribution is 5.98. The lowest BCUT2D eigenvalue weighted by Gasteiger charge is -2.06. The number of phenols is 2. The number of rotatable bonds is 6. The Kier molecular flexibility index (Phi) is 5.78. The zero-order valence-electron chi connectivity index (χ0n) is 13.5. The zero-order chi connectivity index (χ0) is 17.5. The van der Waals surface area contributed by atoms with E-state index in [1.54, 1.807) is 38.1 Å². The van der Waals surface area contributed by atoms with Gasteiger partial charge in [0.15, 0.2) is 11.5 Å². The zero-order valence-corrected chi connectivity index (χ0v) is 13.5. The maximum atomic E-state index is 11.7. The molecule has 0 saturated carbocycles. The van der Waals surface area contributed by atoms with Gasteiger partial charge in [0.05, 0.1) is 17.9 Å². The monoisotopic (exact) mass is 329 g/mol. The molecule has 0 radical (unpaired) electrons. The normalized spacial score (nSPS) is 11.2. The van der Waals surface area contributed by atoms with Crippen LogP contribution in [0, 0.1) is 0 Å². The smallest absolute Gasteiger partial charge is 0.338 e. The molecule has 0 aliphatic rings. The van der Waals surface area contributed by atoms with Crippen LogP contribution in [-0.4, -0.2) is 28.5 Å². The number of ether oxygens (including phenoxy) is 1. The van der Waals surface area contributed by atoms with E-state index in [4.69, 9.17) is 9.57 Å². The third kappa shape index (κ3) is 4.49. The molecule has 0 unspecified atom stereocenters. The lowest BCUT2D eigenvalue weighted by Crippen LogP contribution is -2.05. The molecule has 0 aliphatic heterocycles. The Balaban J connectivity index is 2.01. The number of carbonyl (C=O) groups is 1. The topological polar surface area (TPSA) is 88.4 Å². The Morgan fingerprint density at radius 2 is 1.88 bits per heavy atom. The van der Waals surface area contributed by atoms with Crippen LogP contribution in [0.3, 0.4) is 0 Å². The van der Waals surface area contributed by atoms with Crippen molar-refractivity contribution in [1.29, 1.82) is 0 Å². The quantitative estimate of drug-likeness (QED) is 0.368. The molecule has 0 fully saturated rings. The van der Waals surface area contributed by atoms with Crippen LogP contribution >= 0.6 is 0 Å². The van der Waals surface area contributed by atoms with E-state index in [0.717, 1.165) is 5.56 Å². The number of phenolic OH excluding ortho intramolecular Hbond substituents is 2. The van der Waals surface area contributed by atoms with Gasteiger partial charge in [0, 0.05) is 5.56 Å². The van der Waals surface area contributed by atoms with Crippen LogP contribution in [0.25, 0.3) is 0 Å². The van der Waals surface area contributed by atoms with Crippen molar-refractivity contribution in [3.63, 3.8) is 0 Å². The summed E-state index contributed by atoms with van der Waals surface area (Å²) in [5, 5.41) is 22.8. The van der Waals surface area contributed by atoms with E-state index in [0.29, 0.717) is 23.4 Å². The first-order valence-electron chi connectivity index (χ1n) is 7.46. The van der Waals surface area contributed by atoms with E-state index in [-0.39, 0.29) is 24.1 Å². The summed E-state index contributed by atoms with van der Waals surface area (Å²) < 4.78 is 4.95. The molecule has 6 heteroatoms. The van der Waals surface area contributed by atoms with Gasteiger partial charge < -0.3 is 19.8 Å². The van der Waals surface area contributed by atoms with Gasteiger partial charge in [-0.2, -0.15) is 0 Å². The SMILES string of the molecule is CCOC(=O)c1cccc(CO/N=C(\C)c2ccc(O)c(O)c2)c1. The third-order valence-corrected chi connectivity index (χ3v) is 3.26. The van der Waals surface area contributed by atoms with Crippen molar-refractivity contribution in [3.8, 4) is 11.5 Å². The fourth-order valence-electron chi connectivity index (χ4n) is 2.01. The van der Waals surface area contributed by atoms with Crippen molar-refractivity contribution >= 4 is 11.7 Å². The summed E-state index contributed by atoms with van der Waals surface area (Å²) in [6, 6.07) is 11.3. The van der Waals surface area contributed by atoms with Gasteiger partial charge in [-0.15, -0.1) is 0 Å². The van der Waals surface area contributed by atoms with E-state index in [1.807, 2.05) is 6.07 Å². The Bertz CT molecular complexity index is 755. The number of benzene rings is 2. The van der Waals surface area contributed by atoms with E-state index < -0.39 is 0 Å². The molecule has 2 aromatic carbocycles. The van der Waals surface area contributed by atoms with Gasteiger partial charge in [0.2, 0.25) is 0 Å². The molecular formula is C18H19NO5. The second-order valence-corrected chi connectivity index (χ2v) is 5.07. The molecule has 0 heterocycles. The van der Waals surface area contributed by atoms with Crippen LogP contribution in [0.15, 0.2) is 47.6 Å². The molecule has 24 heavy (non-hydrogen) atoms. The lowest BCUT2D eigenvalue weighted by atomic mass is 10.1. The highest BCUT2D eigenvalue weighted by Crippen LogP contribution is 2.25. The number of oxime groups is 1. The van der Waals surface area contributed by atoms with E-state index in [1.165, 1.54) is 12.1 Å². The van der Waals surface area contributed by atoms with Crippen LogP contribution in [0.5, 0.6) is 11.5 Å². The summed E-state index contributed by atoms with van der Waals surface area (Å²) in [5.74, 6) is -0.786. The molecule has 0 bridgehead atoms. The van der Waals surface area contributed by atoms with Crippen molar-refractivity contribution < 1.29 is 24.6 Å². The lowest BCUT2D eigenvalue weighted by molar-refractivity contribution is 0.0526. The molecule has 0 atom stereocenters. The number of nitrogens with zero attached hydrogens (tertiary/aromatic N) is 1. The average Bonchev–Trinajstić information content (AvgIpc) is 2.57. The fraction of sp³-hybridized carbons (Fsp3) is 0.222. The van der Waals surface area contributed by atoms with Gasteiger partial charge >= 0.3 is 5.97 Å². The van der Waals surface area contributed by atoms with Crippen LogP contribution in [0.4, 0.5) is 0 Å². The Hall–Kier alpha value is -3.02. The first-order valence-corrected chi connectivity index (χ1v) is 7.46. The maximum Gasteiger partial charge on any atom is 0.338 e. The molecular weight excluding hydrogens is 310 g/mol. The van der Waals surface area contributed by atoms with Crippen LogP contribution < -0.4 is 0 Å². The number of carbonyl (C=O) groups excluding carboxylic acids is 1. The third-order valence-electron chi connectivity index (χ3n) is 3.26. The molecule has 126 valence electrons. The highest BCUT2D eigenvalue weighted by atomic mass is 16.6. The Morgan fingerprint density at radius 3 is 2.58 bits per heavy atom. The number of hydrogen-bond acceptors (Lipinski definition) is 6. The minimum absolute atomic E-state index is 0.189. The second-order valence-electron chi connectivity index (χ2n) is 5.07.